The van der Waals surface area contributed by atoms with Gasteiger partial charge in [-0.1, -0.05) is 27.0 Å². The van der Waals surface area contributed by atoms with E-state index >= 15 is 0 Å². The second kappa shape index (κ2) is 13.8. The van der Waals surface area contributed by atoms with E-state index in [1.807, 2.05) is 0 Å². The van der Waals surface area contributed by atoms with Gasteiger partial charge < -0.3 is 23.7 Å². The minimum Gasteiger partial charge on any atom is -0.486 e. The van der Waals surface area contributed by atoms with Crippen molar-refractivity contribution in [1.82, 2.24) is 0 Å². The van der Waals surface area contributed by atoms with Crippen LogP contribution in [-0.4, -0.2) is 56.2 Å². The van der Waals surface area contributed by atoms with Crippen molar-refractivity contribution in [2.75, 3.05) is 26.4 Å². The van der Waals surface area contributed by atoms with Gasteiger partial charge in [-0.05, 0) is 98.7 Å². The number of hydrogen-bond acceptors (Lipinski definition) is 9. The molecule has 0 spiro atoms. The molecule has 7 atom stereocenters. The second-order valence-electron chi connectivity index (χ2n) is 13.5. The number of Topliss-reactive ketones (excluding diaryl/α,β-unsaturated/α-hetero) is 1. The van der Waals surface area contributed by atoms with Gasteiger partial charge in [-0.3, -0.25) is 4.79 Å². The Morgan fingerprint density at radius 3 is 2.22 bits per heavy atom. The number of fused-ring (bicyclic) bond motifs is 5. The summed E-state index contributed by atoms with van der Waals surface area (Å²) in [6.45, 7) is 11.5. The first-order valence-electron chi connectivity index (χ1n) is 16.3. The van der Waals surface area contributed by atoms with E-state index in [0.717, 1.165) is 69.9 Å². The highest BCUT2D eigenvalue weighted by molar-refractivity contribution is 5.90. The average molecular weight is 623 g/mol. The lowest BCUT2D eigenvalue weighted by Crippen LogP contribution is -2.54. The lowest BCUT2D eigenvalue weighted by atomic mass is 9.45. The van der Waals surface area contributed by atoms with Crippen LogP contribution in [0.5, 0.6) is 11.5 Å². The normalized spacial score (nSPS) is 31.8. The van der Waals surface area contributed by atoms with E-state index in [2.05, 4.69) is 27.0 Å². The molecule has 0 bridgehead atoms. The number of carbonyl (C=O) groups excluding carboxylic acids is 4. The molecule has 1 aromatic carbocycles. The fourth-order valence-corrected chi connectivity index (χ4v) is 8.89. The quantitative estimate of drug-likeness (QED) is 0.119. The molecular weight excluding hydrogens is 576 g/mol. The third-order valence-electron chi connectivity index (χ3n) is 11.3. The molecule has 0 aromatic heterocycles. The number of ether oxygens (including phenoxy) is 5. The van der Waals surface area contributed by atoms with Gasteiger partial charge in [0.05, 0.1) is 5.56 Å². The Labute approximate surface area is 265 Å². The smallest absolute Gasteiger partial charge is 0.338 e. The van der Waals surface area contributed by atoms with Crippen LogP contribution < -0.4 is 9.47 Å². The minimum atomic E-state index is -0.566. The summed E-state index contributed by atoms with van der Waals surface area (Å²) in [5, 5.41) is 0. The minimum absolute atomic E-state index is 0.00645. The SMILES string of the molecule is C=CC(=O)OCCOc1ccc(C(=O)O[C@H]2CC[C@@]3(C)[C@@H](CC[C@@H]4[C@@H]3CC[C@]3(C)C(=O)CC[C@@H]43)C2)cc1OCCOC(=O)C=C. The standard InChI is InChI=1S/C36H46O9/c1-5-32(38)43-19-17-41-29-11-7-23(21-30(29)42-18-20-44-33(39)6-2)34(40)45-25-13-15-35(3)24(22-25)8-9-26-27-10-12-31(37)36(27,4)16-14-28(26)35/h5-7,11,21,24-28H,1-2,8-10,12-20,22H2,3-4H3/t24-,25-,26-,27-,28-,35-,36-/m0/s1. The summed E-state index contributed by atoms with van der Waals surface area (Å²) in [4.78, 5) is 48.8. The van der Waals surface area contributed by atoms with Crippen molar-refractivity contribution in [1.29, 1.82) is 0 Å². The van der Waals surface area contributed by atoms with Crippen molar-refractivity contribution in [2.24, 2.45) is 34.5 Å². The Hall–Kier alpha value is -3.62. The third kappa shape index (κ3) is 6.82. The zero-order valence-electron chi connectivity index (χ0n) is 26.6. The maximum atomic E-state index is 13.4. The fourth-order valence-electron chi connectivity index (χ4n) is 8.89. The van der Waals surface area contributed by atoms with Gasteiger partial charge in [0, 0.05) is 24.0 Å². The Morgan fingerprint density at radius 2 is 1.53 bits per heavy atom. The van der Waals surface area contributed by atoms with Crippen molar-refractivity contribution >= 4 is 23.7 Å². The molecule has 4 saturated carbocycles. The van der Waals surface area contributed by atoms with E-state index in [0.29, 0.717) is 40.8 Å². The number of ketones is 1. The van der Waals surface area contributed by atoms with Crippen molar-refractivity contribution in [2.45, 2.75) is 77.7 Å². The van der Waals surface area contributed by atoms with Crippen LogP contribution >= 0.6 is 0 Å². The third-order valence-corrected chi connectivity index (χ3v) is 11.3. The largest absolute Gasteiger partial charge is 0.486 e. The molecule has 0 aliphatic heterocycles. The van der Waals surface area contributed by atoms with Gasteiger partial charge in [0.1, 0.15) is 38.3 Å². The van der Waals surface area contributed by atoms with Crippen molar-refractivity contribution in [3.8, 4) is 11.5 Å². The lowest BCUT2D eigenvalue weighted by Gasteiger charge is -2.60. The van der Waals surface area contributed by atoms with E-state index < -0.39 is 17.9 Å². The molecular formula is C36H46O9. The molecule has 9 heteroatoms. The molecule has 0 heterocycles. The lowest BCUT2D eigenvalue weighted by molar-refractivity contribution is -0.142. The van der Waals surface area contributed by atoms with Gasteiger partial charge in [0.2, 0.25) is 0 Å². The number of esters is 3. The molecule has 4 aliphatic rings. The topological polar surface area (TPSA) is 114 Å². The number of benzene rings is 1. The summed E-state index contributed by atoms with van der Waals surface area (Å²) in [5.74, 6) is 1.83. The van der Waals surface area contributed by atoms with Gasteiger partial charge >= 0.3 is 17.9 Å². The Morgan fingerprint density at radius 1 is 0.844 bits per heavy atom. The summed E-state index contributed by atoms with van der Waals surface area (Å²) in [6.07, 6.45) is 10.9. The summed E-state index contributed by atoms with van der Waals surface area (Å²) in [6, 6.07) is 4.79. The number of rotatable bonds is 12. The highest BCUT2D eigenvalue weighted by atomic mass is 16.6. The molecule has 0 amide bonds. The van der Waals surface area contributed by atoms with Gasteiger partial charge in [-0.25, -0.2) is 14.4 Å². The highest BCUT2D eigenvalue weighted by Gasteiger charge is 2.60. The van der Waals surface area contributed by atoms with Crippen LogP contribution in [0.3, 0.4) is 0 Å². The number of hydrogen-bond donors (Lipinski definition) is 0. The van der Waals surface area contributed by atoms with Gasteiger partial charge in [0.15, 0.2) is 11.5 Å². The summed E-state index contributed by atoms with van der Waals surface area (Å²) >= 11 is 0. The Balaban J connectivity index is 1.20. The first kappa shape index (κ1) is 32.8. The molecule has 0 unspecified atom stereocenters. The zero-order chi connectivity index (χ0) is 32.2. The van der Waals surface area contributed by atoms with Crippen LogP contribution in [0.1, 0.15) is 82.0 Å². The molecule has 0 radical (unpaired) electrons. The molecule has 5 rings (SSSR count). The van der Waals surface area contributed by atoms with Crippen molar-refractivity contribution in [3.63, 3.8) is 0 Å². The van der Waals surface area contributed by atoms with Gasteiger partial charge in [0.25, 0.3) is 0 Å². The van der Waals surface area contributed by atoms with E-state index in [4.69, 9.17) is 23.7 Å². The van der Waals surface area contributed by atoms with Gasteiger partial charge in [-0.2, -0.15) is 0 Å². The van der Waals surface area contributed by atoms with Gasteiger partial charge in [-0.15, -0.1) is 0 Å². The fraction of sp³-hybridized carbons (Fsp3) is 0.611. The van der Waals surface area contributed by atoms with Crippen LogP contribution in [0.15, 0.2) is 43.5 Å². The monoisotopic (exact) mass is 622 g/mol. The summed E-state index contributed by atoms with van der Waals surface area (Å²) in [7, 11) is 0. The van der Waals surface area contributed by atoms with E-state index in [1.54, 1.807) is 18.2 Å². The molecule has 1 aromatic rings. The molecule has 244 valence electrons. The molecule has 9 nitrogen and oxygen atoms in total. The van der Waals surface area contributed by atoms with E-state index in [9.17, 15) is 19.2 Å². The molecule has 0 N–H and O–H groups in total. The van der Waals surface area contributed by atoms with E-state index in [1.165, 1.54) is 0 Å². The second-order valence-corrected chi connectivity index (χ2v) is 13.5. The van der Waals surface area contributed by atoms with E-state index in [-0.39, 0.29) is 49.1 Å². The predicted molar refractivity (Wildman–Crippen MR) is 166 cm³/mol. The highest BCUT2D eigenvalue weighted by Crippen LogP contribution is 2.65. The van der Waals surface area contributed by atoms with Crippen LogP contribution in [-0.2, 0) is 28.6 Å². The maximum absolute atomic E-state index is 13.4. The Bertz CT molecular complexity index is 1320. The molecule has 4 fully saturated rings. The Kier molecular flexibility index (Phi) is 10.0. The molecule has 4 aliphatic carbocycles. The zero-order valence-corrected chi connectivity index (χ0v) is 26.6. The van der Waals surface area contributed by atoms with Crippen LogP contribution in [0.2, 0.25) is 0 Å². The average Bonchev–Trinajstić information content (AvgIpc) is 3.35. The number of carbonyl (C=O) groups is 4. The predicted octanol–water partition coefficient (Wildman–Crippen LogP) is 6.04. The van der Waals surface area contributed by atoms with Crippen molar-refractivity contribution in [3.05, 3.63) is 49.1 Å². The summed E-state index contributed by atoms with van der Waals surface area (Å²) in [5.41, 5.74) is 0.427. The van der Waals surface area contributed by atoms with Crippen LogP contribution in [0, 0.1) is 34.5 Å². The molecule has 0 saturated heterocycles. The first-order valence-corrected chi connectivity index (χ1v) is 16.3. The maximum Gasteiger partial charge on any atom is 0.338 e. The molecule has 45 heavy (non-hydrogen) atoms. The van der Waals surface area contributed by atoms with Crippen LogP contribution in [0.25, 0.3) is 0 Å². The van der Waals surface area contributed by atoms with Crippen LogP contribution in [0.4, 0.5) is 0 Å². The first-order chi connectivity index (χ1) is 21.6. The summed E-state index contributed by atoms with van der Waals surface area (Å²) < 4.78 is 27.6. The van der Waals surface area contributed by atoms with Crippen molar-refractivity contribution < 1.29 is 42.9 Å².